The van der Waals surface area contributed by atoms with Crippen molar-refractivity contribution < 1.29 is 21.9 Å². The predicted molar refractivity (Wildman–Crippen MR) is 81.4 cm³/mol. The zero-order valence-corrected chi connectivity index (χ0v) is 13.0. The third-order valence-electron chi connectivity index (χ3n) is 4.01. The molecular formula is C18H19FeNO. The molecule has 0 spiro atoms. The molecular weight excluding hydrogens is 302 g/mol. The largest absolute Gasteiger partial charge is 2.00 e. The van der Waals surface area contributed by atoms with Crippen molar-refractivity contribution in [3.8, 4) is 0 Å². The van der Waals surface area contributed by atoms with E-state index in [0.29, 0.717) is 11.7 Å². The standard InChI is InChI=1S/C13H14NO.C5H5.Fe/c15-13-11-5-7-14(8-6-11)12(13)9-10-3-1-2-4-10;1-2-4-5-3-1;/h1-4,9,11H,5-8H2;1-5H;/q2*-1;+2/b12-9-;;. The SMILES string of the molecule is O=C1/C(=C/[c-]2cccc2)N2CCC1CC2.[Fe+2].c1cc[cH-]c1. The minimum atomic E-state index is 0. The molecule has 5 rings (SSSR count). The third-order valence-corrected chi connectivity index (χ3v) is 4.01. The Morgan fingerprint density at radius 3 is 2.19 bits per heavy atom. The maximum absolute atomic E-state index is 12.0. The van der Waals surface area contributed by atoms with Gasteiger partial charge in [-0.3, -0.25) is 0 Å². The van der Waals surface area contributed by atoms with Crippen molar-refractivity contribution in [2.75, 3.05) is 13.1 Å². The van der Waals surface area contributed by atoms with Gasteiger partial charge >= 0.3 is 17.1 Å². The molecule has 0 saturated carbocycles. The first-order valence-electron chi connectivity index (χ1n) is 7.24. The molecule has 3 aliphatic rings. The van der Waals surface area contributed by atoms with Crippen LogP contribution in [0.15, 0.2) is 60.3 Å². The van der Waals surface area contributed by atoms with E-state index in [4.69, 9.17) is 0 Å². The van der Waals surface area contributed by atoms with Crippen molar-refractivity contribution in [3.05, 3.63) is 65.9 Å². The molecule has 110 valence electrons. The molecule has 21 heavy (non-hydrogen) atoms. The van der Waals surface area contributed by atoms with Gasteiger partial charge in [0.15, 0.2) is 0 Å². The fourth-order valence-corrected chi connectivity index (χ4v) is 2.87. The van der Waals surface area contributed by atoms with Gasteiger partial charge < -0.3 is 9.69 Å². The maximum atomic E-state index is 12.0. The fourth-order valence-electron chi connectivity index (χ4n) is 2.87. The average Bonchev–Trinajstić information content (AvgIpc) is 3.19. The summed E-state index contributed by atoms with van der Waals surface area (Å²) in [4.78, 5) is 14.2. The maximum Gasteiger partial charge on any atom is 2.00 e. The average molecular weight is 321 g/mol. The first-order chi connectivity index (χ1) is 9.84. The number of nitrogens with zero attached hydrogens (tertiary/aromatic N) is 1. The first-order valence-corrected chi connectivity index (χ1v) is 7.24. The molecule has 0 atom stereocenters. The van der Waals surface area contributed by atoms with Crippen LogP contribution in [-0.4, -0.2) is 23.8 Å². The molecule has 3 fully saturated rings. The Morgan fingerprint density at radius 1 is 1.10 bits per heavy atom. The van der Waals surface area contributed by atoms with Crippen LogP contribution in [0.5, 0.6) is 0 Å². The molecule has 3 heterocycles. The second kappa shape index (κ2) is 7.44. The molecule has 0 aromatic heterocycles. The van der Waals surface area contributed by atoms with Crippen molar-refractivity contribution in [1.29, 1.82) is 0 Å². The van der Waals surface area contributed by atoms with Gasteiger partial charge in [-0.15, -0.1) is 23.8 Å². The molecule has 0 amide bonds. The molecule has 2 aromatic carbocycles. The number of allylic oxidation sites excluding steroid dienone is 1. The van der Waals surface area contributed by atoms with Crippen LogP contribution in [0.1, 0.15) is 18.4 Å². The summed E-state index contributed by atoms with van der Waals surface area (Å²) < 4.78 is 0. The van der Waals surface area contributed by atoms with E-state index in [-0.39, 0.29) is 17.1 Å². The Hall–Kier alpha value is -1.57. The first kappa shape index (κ1) is 15.8. The number of piperidine rings is 3. The zero-order chi connectivity index (χ0) is 13.8. The van der Waals surface area contributed by atoms with E-state index in [1.165, 1.54) is 0 Å². The van der Waals surface area contributed by atoms with Crippen molar-refractivity contribution in [3.63, 3.8) is 0 Å². The van der Waals surface area contributed by atoms with Crippen LogP contribution in [0, 0.1) is 5.92 Å². The number of rotatable bonds is 1. The van der Waals surface area contributed by atoms with Gasteiger partial charge in [-0.2, -0.15) is 30.3 Å². The summed E-state index contributed by atoms with van der Waals surface area (Å²) in [5.41, 5.74) is 2.08. The molecule has 2 nitrogen and oxygen atoms in total. The zero-order valence-electron chi connectivity index (χ0n) is 11.9. The number of fused-ring (bicyclic) bond motifs is 3. The molecule has 0 N–H and O–H groups in total. The summed E-state index contributed by atoms with van der Waals surface area (Å²) in [7, 11) is 0. The van der Waals surface area contributed by atoms with Crippen LogP contribution in [0.4, 0.5) is 0 Å². The Bertz CT molecular complexity index is 543. The van der Waals surface area contributed by atoms with Gasteiger partial charge in [0.1, 0.15) is 5.78 Å². The van der Waals surface area contributed by atoms with Gasteiger partial charge in [-0.25, -0.2) is 12.1 Å². The minimum Gasteiger partial charge on any atom is -0.407 e. The Balaban J connectivity index is 0.000000231. The van der Waals surface area contributed by atoms with Crippen molar-refractivity contribution in [2.24, 2.45) is 5.92 Å². The van der Waals surface area contributed by atoms with Crippen LogP contribution in [0.2, 0.25) is 0 Å². The molecule has 3 saturated heterocycles. The van der Waals surface area contributed by atoms with E-state index >= 15 is 0 Å². The van der Waals surface area contributed by atoms with E-state index in [9.17, 15) is 4.79 Å². The van der Waals surface area contributed by atoms with Gasteiger partial charge in [0.05, 0.1) is 0 Å². The monoisotopic (exact) mass is 321 g/mol. The van der Waals surface area contributed by atoms with Crippen LogP contribution in [0.3, 0.4) is 0 Å². The van der Waals surface area contributed by atoms with E-state index in [0.717, 1.165) is 37.2 Å². The Morgan fingerprint density at radius 2 is 1.71 bits per heavy atom. The van der Waals surface area contributed by atoms with E-state index in [1.54, 1.807) is 0 Å². The second-order valence-corrected chi connectivity index (χ2v) is 5.34. The fraction of sp³-hybridized carbons (Fsp3) is 0.278. The number of hydrogen-bond donors (Lipinski definition) is 0. The van der Waals surface area contributed by atoms with Crippen LogP contribution >= 0.6 is 0 Å². The molecule has 2 bridgehead atoms. The summed E-state index contributed by atoms with van der Waals surface area (Å²) in [6, 6.07) is 18.1. The summed E-state index contributed by atoms with van der Waals surface area (Å²) in [5, 5.41) is 0. The number of Topliss-reactive ketones (excluding diaryl/α,β-unsaturated/α-hetero) is 1. The van der Waals surface area contributed by atoms with E-state index < -0.39 is 0 Å². The predicted octanol–water partition coefficient (Wildman–Crippen LogP) is 3.44. The molecule has 3 heteroatoms. The Kier molecular flexibility index (Phi) is 5.60. The minimum absolute atomic E-state index is 0. The smallest absolute Gasteiger partial charge is 0.407 e. The quantitative estimate of drug-likeness (QED) is 0.456. The number of carbonyl (C=O) groups excluding carboxylic acids is 1. The number of carbonyl (C=O) groups is 1. The number of ketones is 1. The second-order valence-electron chi connectivity index (χ2n) is 5.34. The van der Waals surface area contributed by atoms with Gasteiger partial charge in [-0.1, -0.05) is 0 Å². The molecule has 3 aliphatic heterocycles. The van der Waals surface area contributed by atoms with E-state index in [2.05, 4.69) is 4.90 Å². The summed E-state index contributed by atoms with van der Waals surface area (Å²) >= 11 is 0. The van der Waals surface area contributed by atoms with Crippen LogP contribution in [-0.2, 0) is 21.9 Å². The summed E-state index contributed by atoms with van der Waals surface area (Å²) in [5.74, 6) is 0.657. The summed E-state index contributed by atoms with van der Waals surface area (Å²) in [6.07, 6.45) is 4.14. The van der Waals surface area contributed by atoms with Gasteiger partial charge in [0.25, 0.3) is 0 Å². The molecule has 0 radical (unpaired) electrons. The Labute approximate surface area is 136 Å². The molecule has 0 unspecified atom stereocenters. The normalized spacial score (nSPS) is 19.1. The third kappa shape index (κ3) is 3.75. The molecule has 2 aromatic rings. The topological polar surface area (TPSA) is 20.3 Å². The van der Waals surface area contributed by atoms with Gasteiger partial charge in [0, 0.05) is 24.7 Å². The van der Waals surface area contributed by atoms with Crippen LogP contribution in [0.25, 0.3) is 6.08 Å². The van der Waals surface area contributed by atoms with E-state index in [1.807, 2.05) is 60.7 Å². The van der Waals surface area contributed by atoms with Crippen molar-refractivity contribution in [2.45, 2.75) is 12.8 Å². The van der Waals surface area contributed by atoms with Crippen LogP contribution < -0.4 is 0 Å². The summed E-state index contributed by atoms with van der Waals surface area (Å²) in [6.45, 7) is 2.12. The molecule has 0 aliphatic carbocycles. The van der Waals surface area contributed by atoms with Gasteiger partial charge in [-0.05, 0) is 12.8 Å². The van der Waals surface area contributed by atoms with Crippen molar-refractivity contribution >= 4 is 11.9 Å². The van der Waals surface area contributed by atoms with Crippen molar-refractivity contribution in [1.82, 2.24) is 4.90 Å². The van der Waals surface area contributed by atoms with Gasteiger partial charge in [0.2, 0.25) is 0 Å². The number of hydrogen-bond acceptors (Lipinski definition) is 2.